The van der Waals surface area contributed by atoms with Gasteiger partial charge in [-0.25, -0.2) is 5.84 Å². The van der Waals surface area contributed by atoms with Crippen molar-refractivity contribution in [1.29, 1.82) is 0 Å². The molecule has 3 N–H and O–H groups in total. The Morgan fingerprint density at radius 2 is 2.05 bits per heavy atom. The summed E-state index contributed by atoms with van der Waals surface area (Å²) in [5.74, 6) is 5.00. The van der Waals surface area contributed by atoms with Crippen molar-refractivity contribution >= 4 is 16.8 Å². The van der Waals surface area contributed by atoms with Crippen molar-refractivity contribution in [3.05, 3.63) is 41.6 Å². The molecule has 0 aliphatic carbocycles. The van der Waals surface area contributed by atoms with Crippen LogP contribution in [-0.2, 0) is 6.42 Å². The van der Waals surface area contributed by atoms with Gasteiger partial charge in [-0.3, -0.25) is 15.2 Å². The molecule has 0 saturated carbocycles. The monoisotopic (exact) mass is 271 g/mol. The van der Waals surface area contributed by atoms with Crippen LogP contribution in [0.1, 0.15) is 48.7 Å². The van der Waals surface area contributed by atoms with E-state index in [4.69, 9.17) is 5.84 Å². The van der Waals surface area contributed by atoms with Gasteiger partial charge in [0.1, 0.15) is 0 Å². The molecule has 0 atom stereocenters. The molecule has 2 rings (SSSR count). The molecule has 0 unspecified atom stereocenters. The molecule has 106 valence electrons. The van der Waals surface area contributed by atoms with E-state index in [1.54, 1.807) is 0 Å². The average Bonchev–Trinajstić information content (AvgIpc) is 2.50. The molecule has 0 spiro atoms. The third-order valence-corrected chi connectivity index (χ3v) is 3.43. The Balaban J connectivity index is 2.29. The standard InChI is InChI=1S/C16H21N3O/c1-2-3-4-5-8-12-11-14(16(20)19-17)13-9-6-7-10-15(13)18-12/h6-7,9-11H,2-5,8,17H2,1H3,(H,19,20). The lowest BCUT2D eigenvalue weighted by Gasteiger charge is -2.08. The lowest BCUT2D eigenvalue weighted by atomic mass is 10.0. The van der Waals surface area contributed by atoms with Crippen LogP contribution in [0.2, 0.25) is 0 Å². The molecule has 0 saturated heterocycles. The van der Waals surface area contributed by atoms with Crippen LogP contribution in [0.25, 0.3) is 10.9 Å². The molecule has 4 heteroatoms. The zero-order valence-corrected chi connectivity index (χ0v) is 11.9. The molecule has 0 radical (unpaired) electrons. The van der Waals surface area contributed by atoms with E-state index in [2.05, 4.69) is 17.3 Å². The average molecular weight is 271 g/mol. The first-order chi connectivity index (χ1) is 9.76. The number of amides is 1. The van der Waals surface area contributed by atoms with E-state index in [0.29, 0.717) is 5.56 Å². The van der Waals surface area contributed by atoms with E-state index < -0.39 is 0 Å². The summed E-state index contributed by atoms with van der Waals surface area (Å²) in [6.07, 6.45) is 5.65. The third-order valence-electron chi connectivity index (χ3n) is 3.43. The predicted octanol–water partition coefficient (Wildman–Crippen LogP) is 2.96. The van der Waals surface area contributed by atoms with Crippen LogP contribution in [0.3, 0.4) is 0 Å². The Bertz CT molecular complexity index is 595. The molecular formula is C16H21N3O. The molecule has 1 heterocycles. The van der Waals surface area contributed by atoms with E-state index in [1.165, 1.54) is 19.3 Å². The van der Waals surface area contributed by atoms with Gasteiger partial charge in [0, 0.05) is 11.1 Å². The minimum Gasteiger partial charge on any atom is -0.290 e. The number of nitrogens with two attached hydrogens (primary N) is 1. The molecule has 1 aromatic carbocycles. The fourth-order valence-electron chi connectivity index (χ4n) is 2.36. The van der Waals surface area contributed by atoms with Gasteiger partial charge in [-0.05, 0) is 25.0 Å². The van der Waals surface area contributed by atoms with Crippen molar-refractivity contribution in [2.75, 3.05) is 0 Å². The van der Waals surface area contributed by atoms with E-state index in [-0.39, 0.29) is 5.91 Å². The second-order valence-corrected chi connectivity index (χ2v) is 4.96. The third kappa shape index (κ3) is 3.33. The van der Waals surface area contributed by atoms with Crippen molar-refractivity contribution in [2.45, 2.75) is 39.0 Å². The summed E-state index contributed by atoms with van der Waals surface area (Å²) >= 11 is 0. The molecule has 2 aromatic rings. The highest BCUT2D eigenvalue weighted by Gasteiger charge is 2.11. The van der Waals surface area contributed by atoms with Crippen LogP contribution in [0, 0.1) is 0 Å². The normalized spacial score (nSPS) is 10.7. The number of rotatable bonds is 6. The highest BCUT2D eigenvalue weighted by molar-refractivity contribution is 6.05. The summed E-state index contributed by atoms with van der Waals surface area (Å²) in [5.41, 5.74) is 4.61. The Labute approximate surface area is 119 Å². The lowest BCUT2D eigenvalue weighted by Crippen LogP contribution is -2.30. The van der Waals surface area contributed by atoms with Crippen molar-refractivity contribution in [1.82, 2.24) is 10.4 Å². The number of nitrogens with one attached hydrogen (secondary N) is 1. The zero-order chi connectivity index (χ0) is 14.4. The number of carbonyl (C=O) groups excluding carboxylic acids is 1. The zero-order valence-electron chi connectivity index (χ0n) is 11.9. The topological polar surface area (TPSA) is 68.0 Å². The van der Waals surface area contributed by atoms with Gasteiger partial charge in [-0.1, -0.05) is 44.4 Å². The van der Waals surface area contributed by atoms with Gasteiger partial charge in [0.05, 0.1) is 11.1 Å². The summed E-state index contributed by atoms with van der Waals surface area (Å²) in [6.45, 7) is 2.19. The minimum atomic E-state index is -0.265. The van der Waals surface area contributed by atoms with Gasteiger partial charge in [0.2, 0.25) is 0 Å². The number of fused-ring (bicyclic) bond motifs is 1. The van der Waals surface area contributed by atoms with Crippen LogP contribution in [0.15, 0.2) is 30.3 Å². The summed E-state index contributed by atoms with van der Waals surface area (Å²) in [5, 5.41) is 0.841. The Morgan fingerprint density at radius 3 is 2.80 bits per heavy atom. The van der Waals surface area contributed by atoms with Crippen LogP contribution >= 0.6 is 0 Å². The highest BCUT2D eigenvalue weighted by Crippen LogP contribution is 2.19. The summed E-state index contributed by atoms with van der Waals surface area (Å²) in [6, 6.07) is 9.51. The molecule has 0 bridgehead atoms. The number of aromatic nitrogens is 1. The number of aryl methyl sites for hydroxylation is 1. The van der Waals surface area contributed by atoms with Crippen molar-refractivity contribution in [3.8, 4) is 0 Å². The van der Waals surface area contributed by atoms with E-state index in [9.17, 15) is 4.79 Å². The number of benzene rings is 1. The number of hydrazine groups is 1. The fourth-order valence-corrected chi connectivity index (χ4v) is 2.36. The maximum atomic E-state index is 11.9. The number of hydrogen-bond acceptors (Lipinski definition) is 3. The maximum absolute atomic E-state index is 11.9. The fraction of sp³-hybridized carbons (Fsp3) is 0.375. The maximum Gasteiger partial charge on any atom is 0.265 e. The Hall–Kier alpha value is -1.94. The summed E-state index contributed by atoms with van der Waals surface area (Å²) in [4.78, 5) is 16.5. The van der Waals surface area contributed by atoms with E-state index >= 15 is 0 Å². The van der Waals surface area contributed by atoms with E-state index in [0.717, 1.165) is 29.4 Å². The first kappa shape index (κ1) is 14.5. The van der Waals surface area contributed by atoms with Crippen LogP contribution in [0.4, 0.5) is 0 Å². The molecule has 0 fully saturated rings. The minimum absolute atomic E-state index is 0.265. The molecule has 0 aliphatic rings. The second-order valence-electron chi connectivity index (χ2n) is 4.96. The molecule has 20 heavy (non-hydrogen) atoms. The molecular weight excluding hydrogens is 250 g/mol. The van der Waals surface area contributed by atoms with Gasteiger partial charge < -0.3 is 0 Å². The first-order valence-electron chi connectivity index (χ1n) is 7.16. The molecule has 0 aliphatic heterocycles. The second kappa shape index (κ2) is 7.01. The number of nitrogens with zero attached hydrogens (tertiary/aromatic N) is 1. The molecule has 4 nitrogen and oxygen atoms in total. The first-order valence-corrected chi connectivity index (χ1v) is 7.16. The quantitative estimate of drug-likeness (QED) is 0.367. The van der Waals surface area contributed by atoms with Crippen molar-refractivity contribution in [3.63, 3.8) is 0 Å². The number of unbranched alkanes of at least 4 members (excludes halogenated alkanes) is 3. The number of nitrogen functional groups attached to an aromatic ring is 1. The smallest absolute Gasteiger partial charge is 0.265 e. The Morgan fingerprint density at radius 1 is 1.25 bits per heavy atom. The van der Waals surface area contributed by atoms with Crippen LogP contribution < -0.4 is 11.3 Å². The van der Waals surface area contributed by atoms with Gasteiger partial charge >= 0.3 is 0 Å². The number of pyridine rings is 1. The highest BCUT2D eigenvalue weighted by atomic mass is 16.2. The van der Waals surface area contributed by atoms with Gasteiger partial charge in [0.25, 0.3) is 5.91 Å². The largest absolute Gasteiger partial charge is 0.290 e. The summed E-state index contributed by atoms with van der Waals surface area (Å²) in [7, 11) is 0. The molecule has 1 aromatic heterocycles. The van der Waals surface area contributed by atoms with Gasteiger partial charge in [-0.15, -0.1) is 0 Å². The predicted molar refractivity (Wildman–Crippen MR) is 81.2 cm³/mol. The van der Waals surface area contributed by atoms with Crippen LogP contribution in [-0.4, -0.2) is 10.9 Å². The van der Waals surface area contributed by atoms with Crippen molar-refractivity contribution in [2.24, 2.45) is 5.84 Å². The molecule has 1 amide bonds. The lowest BCUT2D eigenvalue weighted by molar-refractivity contribution is 0.0955. The number of hydrogen-bond donors (Lipinski definition) is 2. The SMILES string of the molecule is CCCCCCc1cc(C(=O)NN)c2ccccc2n1. The number of para-hydroxylation sites is 1. The van der Waals surface area contributed by atoms with E-state index in [1.807, 2.05) is 30.3 Å². The van der Waals surface area contributed by atoms with Gasteiger partial charge in [-0.2, -0.15) is 0 Å². The number of carbonyl (C=O) groups is 1. The Kier molecular flexibility index (Phi) is 5.07. The summed E-state index contributed by atoms with van der Waals surface area (Å²) < 4.78 is 0. The van der Waals surface area contributed by atoms with Crippen LogP contribution in [0.5, 0.6) is 0 Å². The van der Waals surface area contributed by atoms with Crippen molar-refractivity contribution < 1.29 is 4.79 Å². The van der Waals surface area contributed by atoms with Gasteiger partial charge in [0.15, 0.2) is 0 Å².